The third kappa shape index (κ3) is 5.73. The number of fused-ring (bicyclic) bond motifs is 1. The van der Waals surface area contributed by atoms with Crippen LogP contribution in [0.5, 0.6) is 11.6 Å². The van der Waals surface area contributed by atoms with Crippen LogP contribution in [0.2, 0.25) is 0 Å². The second kappa shape index (κ2) is 8.11. The number of aromatic nitrogens is 2. The molecule has 0 saturated carbocycles. The number of alkyl halides is 3. The maximum atomic E-state index is 12.2. The summed E-state index contributed by atoms with van der Waals surface area (Å²) < 4.78 is 46.7. The highest BCUT2D eigenvalue weighted by Crippen LogP contribution is 2.23. The topological polar surface area (TPSA) is 85.4 Å². The molecule has 10 heteroatoms. The summed E-state index contributed by atoms with van der Waals surface area (Å²) in [5, 5.41) is 5.39. The van der Waals surface area contributed by atoms with E-state index in [1.165, 1.54) is 6.07 Å². The summed E-state index contributed by atoms with van der Waals surface area (Å²) in [7, 11) is 0. The van der Waals surface area contributed by atoms with Crippen molar-refractivity contribution in [2.75, 3.05) is 13.2 Å². The molecule has 1 aromatic carbocycles. The molecule has 1 aliphatic rings. The third-order valence-electron chi connectivity index (χ3n) is 3.73. The van der Waals surface area contributed by atoms with Crippen molar-refractivity contribution in [2.24, 2.45) is 0 Å². The number of benzene rings is 1. The molecule has 2 amide bonds. The van der Waals surface area contributed by atoms with Gasteiger partial charge in [0.05, 0.1) is 18.3 Å². The molecule has 0 bridgehead atoms. The zero-order valence-corrected chi connectivity index (χ0v) is 14.1. The second-order valence-corrected chi connectivity index (χ2v) is 5.90. The van der Waals surface area contributed by atoms with E-state index < -0.39 is 18.8 Å². The van der Waals surface area contributed by atoms with Gasteiger partial charge >= 0.3 is 12.2 Å². The average Bonchev–Trinajstić information content (AvgIpc) is 2.64. The molecule has 1 aliphatic heterocycles. The number of carbonyl (C=O) groups excluding carboxylic acids is 1. The van der Waals surface area contributed by atoms with Gasteiger partial charge in [-0.1, -0.05) is 18.2 Å². The molecule has 2 N–H and O–H groups in total. The van der Waals surface area contributed by atoms with Crippen LogP contribution >= 0.6 is 0 Å². The zero-order valence-electron chi connectivity index (χ0n) is 14.1. The monoisotopic (exact) mass is 382 g/mol. The molecule has 0 fully saturated rings. The van der Waals surface area contributed by atoms with Gasteiger partial charge in [-0.05, 0) is 18.1 Å². The maximum Gasteiger partial charge on any atom is 0.422 e. The van der Waals surface area contributed by atoms with E-state index in [1.54, 1.807) is 0 Å². The van der Waals surface area contributed by atoms with Crippen LogP contribution in [0.15, 0.2) is 36.7 Å². The maximum absolute atomic E-state index is 12.2. The van der Waals surface area contributed by atoms with Crippen LogP contribution in [0.3, 0.4) is 0 Å². The molecule has 7 nitrogen and oxygen atoms in total. The number of amides is 2. The van der Waals surface area contributed by atoms with Crippen molar-refractivity contribution >= 4 is 6.03 Å². The molecule has 1 unspecified atom stereocenters. The van der Waals surface area contributed by atoms with Crippen LogP contribution in [0, 0.1) is 0 Å². The van der Waals surface area contributed by atoms with Gasteiger partial charge in [0.15, 0.2) is 6.61 Å². The lowest BCUT2D eigenvalue weighted by Gasteiger charge is -2.26. The molecule has 3 rings (SSSR count). The van der Waals surface area contributed by atoms with E-state index in [4.69, 9.17) is 4.74 Å². The zero-order chi connectivity index (χ0) is 19.3. The first-order valence-electron chi connectivity index (χ1n) is 8.14. The fourth-order valence-electron chi connectivity index (χ4n) is 2.54. The highest BCUT2D eigenvalue weighted by Gasteiger charge is 2.28. The van der Waals surface area contributed by atoms with Crippen molar-refractivity contribution in [2.45, 2.75) is 25.2 Å². The molecule has 1 atom stereocenters. The number of nitrogens with zero attached hydrogens (tertiary/aromatic N) is 2. The van der Waals surface area contributed by atoms with Crippen LogP contribution in [0.25, 0.3) is 0 Å². The Morgan fingerprint density at radius 2 is 2.11 bits per heavy atom. The summed E-state index contributed by atoms with van der Waals surface area (Å²) in [6.07, 6.45) is -2.73. The lowest BCUT2D eigenvalue weighted by Crippen LogP contribution is -2.47. The van der Waals surface area contributed by atoms with Crippen LogP contribution in [0.4, 0.5) is 18.0 Å². The Bertz CT molecular complexity index is 801. The minimum Gasteiger partial charge on any atom is -0.491 e. The molecular weight excluding hydrogens is 365 g/mol. The molecule has 27 heavy (non-hydrogen) atoms. The molecule has 0 aliphatic carbocycles. The van der Waals surface area contributed by atoms with Crippen molar-refractivity contribution in [3.63, 3.8) is 0 Å². The molecule has 2 aromatic rings. The minimum absolute atomic E-state index is 0.0148. The number of hydrogen-bond acceptors (Lipinski definition) is 5. The number of carbonyl (C=O) groups is 1. The number of nitrogens with one attached hydrogen (secondary N) is 2. The molecule has 0 saturated heterocycles. The highest BCUT2D eigenvalue weighted by molar-refractivity contribution is 5.74. The first-order valence-corrected chi connectivity index (χ1v) is 8.14. The van der Waals surface area contributed by atoms with Crippen molar-refractivity contribution in [3.05, 3.63) is 47.9 Å². The molecular formula is C17H17F3N4O3. The van der Waals surface area contributed by atoms with Gasteiger partial charge in [0.1, 0.15) is 18.7 Å². The van der Waals surface area contributed by atoms with Crippen LogP contribution in [-0.4, -0.2) is 41.4 Å². The van der Waals surface area contributed by atoms with Crippen LogP contribution in [-0.2, 0) is 13.0 Å². The highest BCUT2D eigenvalue weighted by atomic mass is 19.4. The molecule has 0 spiro atoms. The number of urea groups is 1. The lowest BCUT2D eigenvalue weighted by molar-refractivity contribution is -0.154. The van der Waals surface area contributed by atoms with Crippen molar-refractivity contribution in [1.82, 2.24) is 20.6 Å². The van der Waals surface area contributed by atoms with Crippen LogP contribution < -0.4 is 20.1 Å². The normalized spacial score (nSPS) is 16.0. The van der Waals surface area contributed by atoms with Gasteiger partial charge in [0.25, 0.3) is 0 Å². The van der Waals surface area contributed by atoms with Gasteiger partial charge in [0, 0.05) is 6.07 Å². The molecule has 0 radical (unpaired) electrons. The summed E-state index contributed by atoms with van der Waals surface area (Å²) in [5.74, 6) is 0.597. The fourth-order valence-corrected chi connectivity index (χ4v) is 2.54. The Balaban J connectivity index is 1.47. The van der Waals surface area contributed by atoms with E-state index in [1.807, 2.05) is 24.3 Å². The Kier molecular flexibility index (Phi) is 5.63. The fraction of sp³-hybridized carbons (Fsp3) is 0.353. The van der Waals surface area contributed by atoms with Gasteiger partial charge in [-0.3, -0.25) is 0 Å². The van der Waals surface area contributed by atoms with Gasteiger partial charge in [-0.2, -0.15) is 13.2 Å². The number of ether oxygens (including phenoxy) is 2. The van der Waals surface area contributed by atoms with E-state index in [0.717, 1.165) is 17.6 Å². The summed E-state index contributed by atoms with van der Waals surface area (Å²) in [4.78, 5) is 19.5. The Morgan fingerprint density at radius 1 is 1.30 bits per heavy atom. The van der Waals surface area contributed by atoms with E-state index in [2.05, 4.69) is 25.3 Å². The number of hydrogen-bond donors (Lipinski definition) is 2. The SMILES string of the molecule is O=C(NCc1cc(OCC(F)(F)F)ncn1)NC1COc2ccccc2C1. The predicted molar refractivity (Wildman–Crippen MR) is 88.4 cm³/mol. The lowest BCUT2D eigenvalue weighted by atomic mass is 10.0. The minimum atomic E-state index is -4.45. The Hall–Kier alpha value is -3.04. The van der Waals surface area contributed by atoms with Crippen molar-refractivity contribution in [3.8, 4) is 11.6 Å². The van der Waals surface area contributed by atoms with Gasteiger partial charge in [-0.25, -0.2) is 14.8 Å². The molecule has 144 valence electrons. The third-order valence-corrected chi connectivity index (χ3v) is 3.73. The number of rotatable bonds is 5. The van der Waals surface area contributed by atoms with E-state index >= 15 is 0 Å². The summed E-state index contributed by atoms with van der Waals surface area (Å²) >= 11 is 0. The first-order chi connectivity index (χ1) is 12.9. The smallest absolute Gasteiger partial charge is 0.422 e. The van der Waals surface area contributed by atoms with Crippen molar-refractivity contribution in [1.29, 1.82) is 0 Å². The summed E-state index contributed by atoms with van der Waals surface area (Å²) in [6, 6.07) is 8.22. The Morgan fingerprint density at radius 3 is 2.93 bits per heavy atom. The van der Waals surface area contributed by atoms with E-state index in [0.29, 0.717) is 18.7 Å². The van der Waals surface area contributed by atoms with E-state index in [9.17, 15) is 18.0 Å². The summed E-state index contributed by atoms with van der Waals surface area (Å²) in [5.41, 5.74) is 1.33. The average molecular weight is 382 g/mol. The predicted octanol–water partition coefficient (Wildman–Crippen LogP) is 2.22. The largest absolute Gasteiger partial charge is 0.491 e. The molecule has 2 heterocycles. The number of halogens is 3. The summed E-state index contributed by atoms with van der Waals surface area (Å²) in [6.45, 7) is -1.07. The standard InChI is InChI=1S/C17H17F3N4O3/c18-17(19,20)9-27-15-6-12(22-10-23-15)7-21-16(25)24-13-5-11-3-1-2-4-14(11)26-8-13/h1-4,6,10,13H,5,7-9H2,(H2,21,24,25). The van der Waals surface area contributed by atoms with Crippen molar-refractivity contribution < 1.29 is 27.4 Å². The Labute approximate surface area is 152 Å². The quantitative estimate of drug-likeness (QED) is 0.828. The van der Waals surface area contributed by atoms with Gasteiger partial charge in [-0.15, -0.1) is 0 Å². The number of para-hydroxylation sites is 1. The first kappa shape index (κ1) is 18.7. The second-order valence-electron chi connectivity index (χ2n) is 5.90. The van der Waals surface area contributed by atoms with Gasteiger partial charge in [0.2, 0.25) is 5.88 Å². The van der Waals surface area contributed by atoms with E-state index in [-0.39, 0.29) is 18.5 Å². The molecule has 1 aromatic heterocycles. The van der Waals surface area contributed by atoms with Gasteiger partial charge < -0.3 is 20.1 Å². The van der Waals surface area contributed by atoms with Crippen LogP contribution in [0.1, 0.15) is 11.3 Å².